The number of H-pyrrole nitrogens is 1. The summed E-state index contributed by atoms with van der Waals surface area (Å²) in [7, 11) is 0. The second-order valence-corrected chi connectivity index (χ2v) is 7.28. The van der Waals surface area contributed by atoms with E-state index in [0.717, 1.165) is 28.8 Å². The number of anilines is 2. The quantitative estimate of drug-likeness (QED) is 0.450. The number of carbonyl (C=O) groups excluding carboxylic acids is 1. The average Bonchev–Trinajstić information content (AvgIpc) is 2.66. The van der Waals surface area contributed by atoms with Crippen molar-refractivity contribution in [1.29, 1.82) is 0 Å². The van der Waals surface area contributed by atoms with Gasteiger partial charge < -0.3 is 11.1 Å². The van der Waals surface area contributed by atoms with Gasteiger partial charge in [-0.05, 0) is 49.2 Å². The van der Waals surface area contributed by atoms with Gasteiger partial charge in [0.2, 0.25) is 0 Å². The molecule has 0 radical (unpaired) electrons. The molecule has 144 valence electrons. The van der Waals surface area contributed by atoms with Crippen LogP contribution in [0.3, 0.4) is 0 Å². The highest BCUT2D eigenvalue weighted by atomic mass is 32.2. The molecule has 0 aliphatic rings. The van der Waals surface area contributed by atoms with Crippen LogP contribution in [0.2, 0.25) is 0 Å². The molecule has 0 unspecified atom stereocenters. The molecule has 0 saturated heterocycles. The number of amides is 1. The average molecular weight is 398 g/mol. The molecule has 0 aliphatic carbocycles. The number of nitrogens with one attached hydrogen (secondary N) is 2. The first-order chi connectivity index (χ1) is 13.3. The molecule has 2 aromatic carbocycles. The van der Waals surface area contributed by atoms with Gasteiger partial charge in [-0.25, -0.2) is 9.37 Å². The van der Waals surface area contributed by atoms with Gasteiger partial charge in [0, 0.05) is 11.3 Å². The number of nitrogens with two attached hydrogens (primary N) is 1. The van der Waals surface area contributed by atoms with Crippen LogP contribution in [0.5, 0.6) is 0 Å². The Bertz CT molecular complexity index is 1080. The molecule has 4 N–H and O–H groups in total. The van der Waals surface area contributed by atoms with Crippen molar-refractivity contribution in [3.8, 4) is 0 Å². The summed E-state index contributed by atoms with van der Waals surface area (Å²) in [5, 5.41) is 2.79. The van der Waals surface area contributed by atoms with Crippen LogP contribution in [-0.2, 0) is 5.75 Å². The Morgan fingerprint density at radius 1 is 1.21 bits per heavy atom. The van der Waals surface area contributed by atoms with Gasteiger partial charge >= 0.3 is 0 Å². The number of rotatable bonds is 5. The van der Waals surface area contributed by atoms with Gasteiger partial charge in [-0.2, -0.15) is 0 Å². The Kier molecular flexibility index (Phi) is 5.79. The van der Waals surface area contributed by atoms with Crippen LogP contribution >= 0.6 is 11.8 Å². The van der Waals surface area contributed by atoms with E-state index in [4.69, 9.17) is 5.73 Å². The third-order valence-corrected chi connectivity index (χ3v) is 5.06. The van der Waals surface area contributed by atoms with Gasteiger partial charge in [0.15, 0.2) is 11.0 Å². The predicted molar refractivity (Wildman–Crippen MR) is 109 cm³/mol. The maximum atomic E-state index is 13.0. The van der Waals surface area contributed by atoms with Crippen molar-refractivity contribution < 1.29 is 9.18 Å². The van der Waals surface area contributed by atoms with Gasteiger partial charge in [-0.1, -0.05) is 35.5 Å². The summed E-state index contributed by atoms with van der Waals surface area (Å²) in [6.45, 7) is 4.04. The molecule has 3 rings (SSSR count). The molecule has 0 saturated carbocycles. The lowest BCUT2D eigenvalue weighted by molar-refractivity contribution is 0.102. The van der Waals surface area contributed by atoms with Crippen LogP contribution in [0.1, 0.15) is 27.0 Å². The van der Waals surface area contributed by atoms with Crippen LogP contribution in [0, 0.1) is 19.7 Å². The van der Waals surface area contributed by atoms with E-state index in [1.165, 1.54) is 23.9 Å². The van der Waals surface area contributed by atoms with E-state index in [1.54, 1.807) is 0 Å². The van der Waals surface area contributed by atoms with Crippen molar-refractivity contribution in [3.05, 3.63) is 80.9 Å². The van der Waals surface area contributed by atoms with E-state index in [-0.39, 0.29) is 17.1 Å². The molecule has 0 fully saturated rings. The number of hydrogen-bond donors (Lipinski definition) is 3. The first kappa shape index (κ1) is 19.6. The molecule has 0 spiro atoms. The van der Waals surface area contributed by atoms with Crippen molar-refractivity contribution in [2.24, 2.45) is 0 Å². The summed E-state index contributed by atoms with van der Waals surface area (Å²) < 4.78 is 13.0. The molecule has 1 heterocycles. The van der Waals surface area contributed by atoms with Gasteiger partial charge in [0.1, 0.15) is 11.5 Å². The smallest absolute Gasteiger partial charge is 0.277 e. The predicted octanol–water partition coefficient (Wildman–Crippen LogP) is 3.65. The summed E-state index contributed by atoms with van der Waals surface area (Å²) in [4.78, 5) is 31.4. The van der Waals surface area contributed by atoms with E-state index in [0.29, 0.717) is 10.9 Å². The van der Waals surface area contributed by atoms with Gasteiger partial charge in [-0.15, -0.1) is 0 Å². The summed E-state index contributed by atoms with van der Waals surface area (Å²) in [5.74, 6) is -0.491. The third-order valence-electron chi connectivity index (χ3n) is 4.14. The molecule has 3 aromatic rings. The van der Waals surface area contributed by atoms with E-state index < -0.39 is 17.3 Å². The van der Waals surface area contributed by atoms with Crippen molar-refractivity contribution in [2.75, 3.05) is 11.1 Å². The Balaban J connectivity index is 1.75. The lowest BCUT2D eigenvalue weighted by Gasteiger charge is -2.10. The number of halogens is 1. The van der Waals surface area contributed by atoms with E-state index >= 15 is 0 Å². The van der Waals surface area contributed by atoms with Gasteiger partial charge in [0.05, 0.1) is 0 Å². The Morgan fingerprint density at radius 2 is 1.93 bits per heavy atom. The maximum Gasteiger partial charge on any atom is 0.277 e. The SMILES string of the molecule is Cc1ccc(C)c(CSc2nc(N)c(NC(=O)c3ccc(F)cc3)c(=O)[nH]2)c1. The number of hydrogen-bond acceptors (Lipinski definition) is 5. The molecule has 6 nitrogen and oxygen atoms in total. The molecule has 0 atom stereocenters. The highest BCUT2D eigenvalue weighted by Gasteiger charge is 2.14. The molecule has 8 heteroatoms. The largest absolute Gasteiger partial charge is 0.382 e. The molecular weight excluding hydrogens is 379 g/mol. The number of thioether (sulfide) groups is 1. The zero-order valence-corrected chi connectivity index (χ0v) is 16.2. The maximum absolute atomic E-state index is 13.0. The van der Waals surface area contributed by atoms with Gasteiger partial charge in [0.25, 0.3) is 11.5 Å². The highest BCUT2D eigenvalue weighted by Crippen LogP contribution is 2.23. The van der Waals surface area contributed by atoms with Crippen LogP contribution in [0.15, 0.2) is 52.4 Å². The molecule has 1 amide bonds. The Labute approximate surface area is 165 Å². The van der Waals surface area contributed by atoms with Crippen molar-refractivity contribution in [1.82, 2.24) is 9.97 Å². The monoisotopic (exact) mass is 398 g/mol. The number of nitrogen functional groups attached to an aromatic ring is 1. The third kappa shape index (κ3) is 4.58. The summed E-state index contributed by atoms with van der Waals surface area (Å²) in [6.07, 6.45) is 0. The Hall–Kier alpha value is -3.13. The van der Waals surface area contributed by atoms with Crippen molar-refractivity contribution in [2.45, 2.75) is 24.8 Å². The first-order valence-corrected chi connectivity index (χ1v) is 9.47. The van der Waals surface area contributed by atoms with E-state index in [1.807, 2.05) is 26.0 Å². The molecule has 0 aliphatic heterocycles. The number of nitrogens with zero attached hydrogens (tertiary/aromatic N) is 1. The minimum atomic E-state index is -0.574. The van der Waals surface area contributed by atoms with Gasteiger partial charge in [-0.3, -0.25) is 14.6 Å². The summed E-state index contributed by atoms with van der Waals surface area (Å²) >= 11 is 1.35. The summed E-state index contributed by atoms with van der Waals surface area (Å²) in [5.41, 5.74) is 8.84. The second kappa shape index (κ2) is 8.26. The zero-order valence-electron chi connectivity index (χ0n) is 15.4. The standard InChI is InChI=1S/C20H19FN4O2S/c1-11-3-4-12(2)14(9-11)10-28-20-24-17(22)16(19(27)25-20)23-18(26)13-5-7-15(21)8-6-13/h3-9H,10H2,1-2H3,(H,23,26)(H3,22,24,25,27). The topological polar surface area (TPSA) is 101 Å². The normalized spacial score (nSPS) is 10.7. The van der Waals surface area contributed by atoms with Crippen molar-refractivity contribution >= 4 is 29.2 Å². The zero-order chi connectivity index (χ0) is 20.3. The second-order valence-electron chi connectivity index (χ2n) is 6.31. The van der Waals surface area contributed by atoms with Crippen molar-refractivity contribution in [3.63, 3.8) is 0 Å². The molecule has 28 heavy (non-hydrogen) atoms. The van der Waals surface area contributed by atoms with E-state index in [2.05, 4.69) is 21.4 Å². The fourth-order valence-electron chi connectivity index (χ4n) is 2.55. The number of carbonyl (C=O) groups is 1. The van der Waals surface area contributed by atoms with Crippen LogP contribution < -0.4 is 16.6 Å². The number of aryl methyl sites for hydroxylation is 2. The minimum absolute atomic E-state index is 0.0809. The molecule has 1 aromatic heterocycles. The number of benzene rings is 2. The van der Waals surface area contributed by atoms with Crippen LogP contribution in [0.25, 0.3) is 0 Å². The van der Waals surface area contributed by atoms with Crippen LogP contribution in [-0.4, -0.2) is 15.9 Å². The first-order valence-electron chi connectivity index (χ1n) is 8.49. The van der Waals surface area contributed by atoms with Crippen LogP contribution in [0.4, 0.5) is 15.9 Å². The number of aromatic nitrogens is 2. The summed E-state index contributed by atoms with van der Waals surface area (Å²) in [6, 6.07) is 11.1. The molecular formula is C20H19FN4O2S. The fourth-order valence-corrected chi connectivity index (χ4v) is 3.48. The number of aromatic amines is 1. The minimum Gasteiger partial charge on any atom is -0.382 e. The van der Waals surface area contributed by atoms with E-state index in [9.17, 15) is 14.0 Å². The fraction of sp³-hybridized carbons (Fsp3) is 0.150. The lowest BCUT2D eigenvalue weighted by Crippen LogP contribution is -2.23. The lowest BCUT2D eigenvalue weighted by atomic mass is 10.1. The Morgan fingerprint density at radius 3 is 2.61 bits per heavy atom. The molecule has 0 bridgehead atoms. The highest BCUT2D eigenvalue weighted by molar-refractivity contribution is 7.98.